The van der Waals surface area contributed by atoms with Crippen LogP contribution in [0.3, 0.4) is 0 Å². The van der Waals surface area contributed by atoms with Crippen LogP contribution in [-0.2, 0) is 11.3 Å². The maximum atomic E-state index is 13.4. The van der Waals surface area contributed by atoms with Crippen LogP contribution in [0.25, 0.3) is 0 Å². The summed E-state index contributed by atoms with van der Waals surface area (Å²) in [5, 5.41) is 10.0. The molecule has 1 aromatic carbocycles. The van der Waals surface area contributed by atoms with Crippen molar-refractivity contribution in [2.75, 3.05) is 39.7 Å². The molecule has 3 aliphatic rings. The fourth-order valence-electron chi connectivity index (χ4n) is 4.92. The highest BCUT2D eigenvalue weighted by Crippen LogP contribution is 2.41. The number of hydrogen-bond donors (Lipinski definition) is 1. The van der Waals surface area contributed by atoms with E-state index in [0.717, 1.165) is 12.0 Å². The van der Waals surface area contributed by atoms with Crippen molar-refractivity contribution in [2.45, 2.75) is 19.9 Å². The molecule has 4 heterocycles. The van der Waals surface area contributed by atoms with Gasteiger partial charge in [0, 0.05) is 31.3 Å². The molecule has 2 aromatic rings. The number of nitrogens with zero attached hydrogens (tertiary/aromatic N) is 2. The van der Waals surface area contributed by atoms with Gasteiger partial charge in [-0.25, -0.2) is 0 Å². The quantitative estimate of drug-likeness (QED) is 0.795. The second kappa shape index (κ2) is 7.69. The predicted octanol–water partition coefficient (Wildman–Crippen LogP) is 1.40. The first-order chi connectivity index (χ1) is 15.0. The average molecular weight is 426 g/mol. The molecule has 8 heteroatoms. The van der Waals surface area contributed by atoms with E-state index in [9.17, 15) is 14.7 Å². The van der Waals surface area contributed by atoms with Crippen LogP contribution < -0.4 is 15.0 Å². The summed E-state index contributed by atoms with van der Waals surface area (Å²) >= 11 is 0. The number of fused-ring (bicyclic) bond motifs is 2. The van der Waals surface area contributed by atoms with Gasteiger partial charge in [0.2, 0.25) is 6.79 Å². The number of aromatic nitrogens is 1. The van der Waals surface area contributed by atoms with Crippen molar-refractivity contribution in [3.63, 3.8) is 0 Å². The number of aryl methyl sites for hydroxylation is 1. The van der Waals surface area contributed by atoms with Gasteiger partial charge in [-0.05, 0) is 48.6 Å². The predicted molar refractivity (Wildman–Crippen MR) is 111 cm³/mol. The van der Waals surface area contributed by atoms with Gasteiger partial charge in [-0.2, -0.15) is 0 Å². The highest BCUT2D eigenvalue weighted by atomic mass is 16.7. The van der Waals surface area contributed by atoms with Crippen molar-refractivity contribution in [1.82, 2.24) is 9.47 Å². The van der Waals surface area contributed by atoms with Crippen molar-refractivity contribution >= 4 is 5.91 Å². The largest absolute Gasteiger partial charge is 0.454 e. The maximum absolute atomic E-state index is 13.4. The molecule has 2 atom stereocenters. The molecule has 0 aliphatic carbocycles. The summed E-state index contributed by atoms with van der Waals surface area (Å²) in [4.78, 5) is 28.4. The van der Waals surface area contributed by atoms with E-state index in [0.29, 0.717) is 49.9 Å². The standard InChI is InChI=1S/C23H26N2O6/c1-15-4-6-24(9-16-2-3-18-19(8-16)31-14-30-18)21(27)20(15)22(28)25-10-17-5-7-29-13-23(17,11-25)12-26/h2-4,6,8,17,26H,5,7,9-14H2,1H3/t17-,23+/m0/s1. The Kier molecular flexibility index (Phi) is 4.98. The summed E-state index contributed by atoms with van der Waals surface area (Å²) in [6.07, 6.45) is 2.53. The van der Waals surface area contributed by atoms with Crippen LogP contribution in [0.5, 0.6) is 11.5 Å². The number of aliphatic hydroxyl groups excluding tert-OH is 1. The van der Waals surface area contributed by atoms with E-state index in [1.165, 1.54) is 0 Å². The molecule has 164 valence electrons. The zero-order chi connectivity index (χ0) is 21.6. The van der Waals surface area contributed by atoms with Crippen LogP contribution in [0.1, 0.15) is 27.9 Å². The fourth-order valence-corrected chi connectivity index (χ4v) is 4.92. The Morgan fingerprint density at radius 2 is 2.10 bits per heavy atom. The number of benzene rings is 1. The normalized spacial score (nSPS) is 24.3. The molecule has 0 spiro atoms. The molecule has 2 fully saturated rings. The van der Waals surface area contributed by atoms with Crippen LogP contribution in [0.4, 0.5) is 0 Å². The summed E-state index contributed by atoms with van der Waals surface area (Å²) in [6.45, 7) is 4.31. The summed E-state index contributed by atoms with van der Waals surface area (Å²) < 4.78 is 17.9. The van der Waals surface area contributed by atoms with Gasteiger partial charge in [-0.1, -0.05) is 6.07 Å². The lowest BCUT2D eigenvalue weighted by molar-refractivity contribution is -0.0557. The minimum absolute atomic E-state index is 0.0242. The highest BCUT2D eigenvalue weighted by Gasteiger charge is 2.49. The van der Waals surface area contributed by atoms with E-state index < -0.39 is 5.41 Å². The lowest BCUT2D eigenvalue weighted by Crippen LogP contribution is -2.43. The third kappa shape index (κ3) is 3.40. The van der Waals surface area contributed by atoms with Crippen molar-refractivity contribution in [3.8, 4) is 11.5 Å². The van der Waals surface area contributed by atoms with E-state index >= 15 is 0 Å². The van der Waals surface area contributed by atoms with E-state index in [1.54, 1.807) is 28.7 Å². The molecule has 1 N–H and O–H groups in total. The summed E-state index contributed by atoms with van der Waals surface area (Å²) in [7, 11) is 0. The average Bonchev–Trinajstić information content (AvgIpc) is 3.40. The molecule has 0 radical (unpaired) electrons. The number of likely N-dealkylation sites (tertiary alicyclic amines) is 1. The van der Waals surface area contributed by atoms with Gasteiger partial charge in [-0.15, -0.1) is 0 Å². The van der Waals surface area contributed by atoms with Gasteiger partial charge in [0.1, 0.15) is 5.56 Å². The number of aliphatic hydroxyl groups is 1. The lowest BCUT2D eigenvalue weighted by Gasteiger charge is -2.36. The van der Waals surface area contributed by atoms with Crippen LogP contribution in [0.15, 0.2) is 35.3 Å². The van der Waals surface area contributed by atoms with E-state index in [-0.39, 0.29) is 36.3 Å². The molecule has 8 nitrogen and oxygen atoms in total. The van der Waals surface area contributed by atoms with Gasteiger partial charge in [-0.3, -0.25) is 9.59 Å². The minimum atomic E-state index is -0.428. The zero-order valence-corrected chi connectivity index (χ0v) is 17.5. The Balaban J connectivity index is 1.42. The zero-order valence-electron chi connectivity index (χ0n) is 17.5. The molecule has 2 saturated heterocycles. The van der Waals surface area contributed by atoms with E-state index in [4.69, 9.17) is 14.2 Å². The Labute approximate surface area is 179 Å². The topological polar surface area (TPSA) is 90.2 Å². The molecular weight excluding hydrogens is 400 g/mol. The van der Waals surface area contributed by atoms with Gasteiger partial charge in [0.05, 0.1) is 19.8 Å². The van der Waals surface area contributed by atoms with Crippen molar-refractivity contribution in [1.29, 1.82) is 0 Å². The van der Waals surface area contributed by atoms with Gasteiger partial charge in [0.15, 0.2) is 11.5 Å². The number of pyridine rings is 1. The van der Waals surface area contributed by atoms with Crippen LogP contribution in [0.2, 0.25) is 0 Å². The Hall–Kier alpha value is -2.84. The number of amides is 1. The third-order valence-electron chi connectivity index (χ3n) is 6.79. The molecule has 1 aromatic heterocycles. The number of carbonyl (C=O) groups is 1. The van der Waals surface area contributed by atoms with Crippen LogP contribution >= 0.6 is 0 Å². The first-order valence-electron chi connectivity index (χ1n) is 10.6. The van der Waals surface area contributed by atoms with E-state index in [1.807, 2.05) is 18.2 Å². The fraction of sp³-hybridized carbons (Fsp3) is 0.478. The molecular formula is C23H26N2O6. The SMILES string of the molecule is Cc1ccn(Cc2ccc3c(c2)OCO3)c(=O)c1C(=O)N1C[C@@H]2CCOC[C@]2(CO)C1. The second-order valence-corrected chi connectivity index (χ2v) is 8.74. The molecule has 0 bridgehead atoms. The highest BCUT2D eigenvalue weighted by molar-refractivity contribution is 5.95. The number of hydrogen-bond acceptors (Lipinski definition) is 6. The first-order valence-corrected chi connectivity index (χ1v) is 10.6. The maximum Gasteiger partial charge on any atom is 0.263 e. The lowest BCUT2D eigenvalue weighted by atomic mass is 9.76. The molecule has 31 heavy (non-hydrogen) atoms. The summed E-state index contributed by atoms with van der Waals surface area (Å²) in [6, 6.07) is 7.37. The second-order valence-electron chi connectivity index (χ2n) is 8.74. The number of carbonyl (C=O) groups excluding carboxylic acids is 1. The minimum Gasteiger partial charge on any atom is -0.454 e. The molecule has 1 amide bonds. The molecule has 0 unspecified atom stereocenters. The van der Waals surface area contributed by atoms with Crippen LogP contribution in [0, 0.1) is 18.3 Å². The Morgan fingerprint density at radius 3 is 2.90 bits per heavy atom. The molecule has 5 rings (SSSR count). The summed E-state index contributed by atoms with van der Waals surface area (Å²) in [5.41, 5.74) is 0.989. The molecule has 0 saturated carbocycles. The first kappa shape index (κ1) is 20.1. The number of ether oxygens (including phenoxy) is 3. The van der Waals surface area contributed by atoms with Crippen molar-refractivity contribution in [3.05, 3.63) is 57.5 Å². The summed E-state index contributed by atoms with van der Waals surface area (Å²) in [5.74, 6) is 1.26. The monoisotopic (exact) mass is 426 g/mol. The van der Waals surface area contributed by atoms with Crippen molar-refractivity contribution in [2.24, 2.45) is 11.3 Å². The Morgan fingerprint density at radius 1 is 1.26 bits per heavy atom. The molecule has 3 aliphatic heterocycles. The van der Waals surface area contributed by atoms with E-state index in [2.05, 4.69) is 0 Å². The Bertz CT molecular complexity index is 1080. The third-order valence-corrected chi connectivity index (χ3v) is 6.79. The van der Waals surface area contributed by atoms with Crippen molar-refractivity contribution < 1.29 is 24.1 Å². The smallest absolute Gasteiger partial charge is 0.263 e. The van der Waals surface area contributed by atoms with Crippen LogP contribution in [-0.4, -0.2) is 60.2 Å². The number of rotatable bonds is 4. The van der Waals surface area contributed by atoms with Gasteiger partial charge in [0.25, 0.3) is 11.5 Å². The van der Waals surface area contributed by atoms with Gasteiger partial charge >= 0.3 is 0 Å². The van der Waals surface area contributed by atoms with Gasteiger partial charge < -0.3 is 28.8 Å².